The smallest absolute Gasteiger partial charge is 0.321 e. The van der Waals surface area contributed by atoms with E-state index in [1.165, 1.54) is 0 Å². The third-order valence-corrected chi connectivity index (χ3v) is 2.85. The van der Waals surface area contributed by atoms with Gasteiger partial charge in [0.2, 0.25) is 5.95 Å². The predicted molar refractivity (Wildman–Crippen MR) is 80.5 cm³/mol. The first-order valence-corrected chi connectivity index (χ1v) is 7.38. The fourth-order valence-corrected chi connectivity index (χ4v) is 2.00. The molecule has 0 saturated carbocycles. The minimum atomic E-state index is 0.354. The Morgan fingerprint density at radius 2 is 2.05 bits per heavy atom. The predicted octanol–water partition coefficient (Wildman–Crippen LogP) is 1.90. The number of imidazole rings is 1. The van der Waals surface area contributed by atoms with Gasteiger partial charge >= 0.3 is 6.01 Å². The number of hydrogen-bond acceptors (Lipinski definition) is 6. The fourth-order valence-electron chi connectivity index (χ4n) is 2.00. The molecule has 0 spiro atoms. The number of rotatable bonds is 8. The lowest BCUT2D eigenvalue weighted by atomic mass is 10.3. The molecule has 0 aromatic carbocycles. The Morgan fingerprint density at radius 1 is 1.19 bits per heavy atom. The molecule has 0 unspecified atom stereocenters. The highest BCUT2D eigenvalue weighted by atomic mass is 16.5. The number of hydrogen-bond donors (Lipinski definition) is 1. The zero-order valence-corrected chi connectivity index (χ0v) is 12.8. The Bertz CT molecular complexity index is 544. The van der Waals surface area contributed by atoms with Gasteiger partial charge in [-0.15, -0.1) is 0 Å². The molecule has 7 nitrogen and oxygen atoms in total. The molecule has 114 valence electrons. The zero-order chi connectivity index (χ0) is 15.1. The van der Waals surface area contributed by atoms with Crippen LogP contribution in [0.4, 0.5) is 5.95 Å². The van der Waals surface area contributed by atoms with Crippen molar-refractivity contribution in [2.24, 2.45) is 0 Å². The van der Waals surface area contributed by atoms with Crippen molar-refractivity contribution in [3.05, 3.63) is 24.0 Å². The number of anilines is 1. The standard InChI is InChI=1S/C14H22N6O/c1-4-8-20-9-7-16-12(20)10-11-17-13(15-5-2)19-14(18-11)21-6-3/h7,9H,4-6,8,10H2,1-3H3,(H,15,17,18,19). The topological polar surface area (TPSA) is 77.8 Å². The Morgan fingerprint density at radius 3 is 2.76 bits per heavy atom. The van der Waals surface area contributed by atoms with Gasteiger partial charge < -0.3 is 14.6 Å². The van der Waals surface area contributed by atoms with Crippen LogP contribution in [-0.2, 0) is 13.0 Å². The van der Waals surface area contributed by atoms with Crippen molar-refractivity contribution in [2.45, 2.75) is 40.2 Å². The number of aromatic nitrogens is 5. The molecule has 1 N–H and O–H groups in total. The molecule has 2 aromatic rings. The van der Waals surface area contributed by atoms with Crippen LogP contribution in [0.1, 0.15) is 38.8 Å². The maximum atomic E-state index is 5.40. The molecule has 2 aromatic heterocycles. The number of ether oxygens (including phenoxy) is 1. The fraction of sp³-hybridized carbons (Fsp3) is 0.571. The van der Waals surface area contributed by atoms with Crippen LogP contribution in [0.15, 0.2) is 12.4 Å². The van der Waals surface area contributed by atoms with Gasteiger partial charge in [-0.3, -0.25) is 0 Å². The van der Waals surface area contributed by atoms with Crippen LogP contribution in [0.2, 0.25) is 0 Å². The summed E-state index contributed by atoms with van der Waals surface area (Å²) in [7, 11) is 0. The molecular weight excluding hydrogens is 268 g/mol. The first-order chi connectivity index (χ1) is 10.3. The van der Waals surface area contributed by atoms with Crippen molar-refractivity contribution < 1.29 is 4.74 Å². The zero-order valence-electron chi connectivity index (χ0n) is 12.8. The molecule has 7 heteroatoms. The quantitative estimate of drug-likeness (QED) is 0.800. The molecule has 2 heterocycles. The van der Waals surface area contributed by atoms with E-state index in [0.29, 0.717) is 30.8 Å². The Hall–Kier alpha value is -2.18. The van der Waals surface area contributed by atoms with Crippen molar-refractivity contribution in [2.75, 3.05) is 18.5 Å². The van der Waals surface area contributed by atoms with E-state index in [-0.39, 0.29) is 0 Å². The second kappa shape index (κ2) is 7.56. The Balaban J connectivity index is 2.23. The van der Waals surface area contributed by atoms with Gasteiger partial charge in [0.25, 0.3) is 0 Å². The van der Waals surface area contributed by atoms with Gasteiger partial charge in [0.1, 0.15) is 11.6 Å². The van der Waals surface area contributed by atoms with Crippen LogP contribution in [0.5, 0.6) is 6.01 Å². The van der Waals surface area contributed by atoms with Gasteiger partial charge in [0, 0.05) is 25.5 Å². The summed E-state index contributed by atoms with van der Waals surface area (Å²) in [5.74, 6) is 2.15. The molecule has 21 heavy (non-hydrogen) atoms. The van der Waals surface area contributed by atoms with Crippen molar-refractivity contribution in [3.63, 3.8) is 0 Å². The first kappa shape index (κ1) is 15.2. The van der Waals surface area contributed by atoms with E-state index in [9.17, 15) is 0 Å². The van der Waals surface area contributed by atoms with Gasteiger partial charge in [-0.2, -0.15) is 15.0 Å². The highest BCUT2D eigenvalue weighted by Crippen LogP contribution is 2.11. The number of aryl methyl sites for hydroxylation is 1. The van der Waals surface area contributed by atoms with Crippen molar-refractivity contribution in [3.8, 4) is 6.01 Å². The van der Waals surface area contributed by atoms with Crippen LogP contribution in [0, 0.1) is 0 Å². The molecule has 2 rings (SSSR count). The van der Waals surface area contributed by atoms with E-state index >= 15 is 0 Å². The molecule has 0 radical (unpaired) electrons. The average molecular weight is 290 g/mol. The Kier molecular flexibility index (Phi) is 5.48. The van der Waals surface area contributed by atoms with Crippen LogP contribution in [0.25, 0.3) is 0 Å². The molecule has 0 aliphatic rings. The molecular formula is C14H22N6O. The van der Waals surface area contributed by atoms with E-state index in [2.05, 4.69) is 36.7 Å². The van der Waals surface area contributed by atoms with Crippen molar-refractivity contribution in [1.82, 2.24) is 24.5 Å². The van der Waals surface area contributed by atoms with Crippen LogP contribution in [-0.4, -0.2) is 37.7 Å². The van der Waals surface area contributed by atoms with E-state index in [1.54, 1.807) is 6.20 Å². The van der Waals surface area contributed by atoms with Gasteiger partial charge in [-0.05, 0) is 20.3 Å². The van der Waals surface area contributed by atoms with Gasteiger partial charge in [-0.1, -0.05) is 6.92 Å². The minimum absolute atomic E-state index is 0.354. The summed E-state index contributed by atoms with van der Waals surface area (Å²) in [4.78, 5) is 17.4. The molecule has 0 amide bonds. The summed E-state index contributed by atoms with van der Waals surface area (Å²) >= 11 is 0. The number of nitrogens with one attached hydrogen (secondary N) is 1. The van der Waals surface area contributed by atoms with E-state index < -0.39 is 0 Å². The summed E-state index contributed by atoms with van der Waals surface area (Å²) in [6.07, 6.45) is 5.41. The second-order valence-electron chi connectivity index (χ2n) is 4.53. The summed E-state index contributed by atoms with van der Waals surface area (Å²) < 4.78 is 7.52. The monoisotopic (exact) mass is 290 g/mol. The highest BCUT2D eigenvalue weighted by molar-refractivity contribution is 5.26. The van der Waals surface area contributed by atoms with Crippen molar-refractivity contribution in [1.29, 1.82) is 0 Å². The molecule has 0 saturated heterocycles. The van der Waals surface area contributed by atoms with Crippen molar-refractivity contribution >= 4 is 5.95 Å². The van der Waals surface area contributed by atoms with Gasteiger partial charge in [0.05, 0.1) is 13.0 Å². The summed E-state index contributed by atoms with van der Waals surface area (Å²) in [6.45, 7) is 8.27. The Labute approximate surface area is 124 Å². The molecule has 0 fully saturated rings. The van der Waals surface area contributed by atoms with Crippen LogP contribution >= 0.6 is 0 Å². The second-order valence-corrected chi connectivity index (χ2v) is 4.53. The number of nitrogens with zero attached hydrogens (tertiary/aromatic N) is 5. The van der Waals surface area contributed by atoms with Crippen LogP contribution < -0.4 is 10.1 Å². The lowest BCUT2D eigenvalue weighted by Crippen LogP contribution is -2.11. The SMILES string of the molecule is CCCn1ccnc1Cc1nc(NCC)nc(OCC)n1. The van der Waals surface area contributed by atoms with Crippen LogP contribution in [0.3, 0.4) is 0 Å². The van der Waals surface area contributed by atoms with Gasteiger partial charge in [0.15, 0.2) is 0 Å². The van der Waals surface area contributed by atoms with E-state index in [4.69, 9.17) is 4.74 Å². The first-order valence-electron chi connectivity index (χ1n) is 7.38. The van der Waals surface area contributed by atoms with E-state index in [1.807, 2.05) is 20.0 Å². The molecule has 0 bridgehead atoms. The lowest BCUT2D eigenvalue weighted by molar-refractivity contribution is 0.310. The summed E-state index contributed by atoms with van der Waals surface area (Å²) in [5, 5.41) is 3.10. The summed E-state index contributed by atoms with van der Waals surface area (Å²) in [6, 6.07) is 0.354. The minimum Gasteiger partial charge on any atom is -0.464 e. The lowest BCUT2D eigenvalue weighted by Gasteiger charge is -2.09. The highest BCUT2D eigenvalue weighted by Gasteiger charge is 2.10. The largest absolute Gasteiger partial charge is 0.464 e. The maximum absolute atomic E-state index is 5.40. The molecule has 0 atom stereocenters. The molecule has 0 aliphatic heterocycles. The third kappa shape index (κ3) is 4.14. The average Bonchev–Trinajstić information content (AvgIpc) is 2.87. The third-order valence-electron chi connectivity index (χ3n) is 2.85. The van der Waals surface area contributed by atoms with E-state index in [0.717, 1.165) is 25.3 Å². The normalized spacial score (nSPS) is 10.6. The van der Waals surface area contributed by atoms with Gasteiger partial charge in [-0.25, -0.2) is 4.98 Å². The molecule has 0 aliphatic carbocycles. The summed E-state index contributed by atoms with van der Waals surface area (Å²) in [5.41, 5.74) is 0. The maximum Gasteiger partial charge on any atom is 0.321 e.